The first-order valence-electron chi connectivity index (χ1n) is 7.34. The lowest BCUT2D eigenvalue weighted by molar-refractivity contribution is 0.800. The summed E-state index contributed by atoms with van der Waals surface area (Å²) >= 11 is 7.62. The summed E-state index contributed by atoms with van der Waals surface area (Å²) in [6.45, 7) is 6.65. The van der Waals surface area contributed by atoms with Gasteiger partial charge in [-0.1, -0.05) is 47.5 Å². The number of hydrogen-bond acceptors (Lipinski definition) is 2. The van der Waals surface area contributed by atoms with Gasteiger partial charge in [-0.15, -0.1) is 34.9 Å². The summed E-state index contributed by atoms with van der Waals surface area (Å²) in [5, 5.41) is 2.86. The summed E-state index contributed by atoms with van der Waals surface area (Å²) in [6.07, 6.45) is 1.89. The van der Waals surface area contributed by atoms with E-state index in [9.17, 15) is 0 Å². The molecule has 0 radical (unpaired) electrons. The molecule has 2 nitrogen and oxygen atoms in total. The summed E-state index contributed by atoms with van der Waals surface area (Å²) in [4.78, 5) is 5.73. The highest BCUT2D eigenvalue weighted by Crippen LogP contribution is 2.23. The van der Waals surface area contributed by atoms with Crippen LogP contribution < -0.4 is 4.80 Å². The minimum absolute atomic E-state index is 0. The van der Waals surface area contributed by atoms with Gasteiger partial charge in [-0.25, -0.2) is 4.99 Å². The van der Waals surface area contributed by atoms with E-state index in [-0.39, 0.29) is 17.0 Å². The maximum atomic E-state index is 5.99. The number of aromatic nitrogens is 1. The van der Waals surface area contributed by atoms with Gasteiger partial charge in [-0.2, -0.15) is 0 Å². The fraction of sp³-hybridized carbons (Fsp3) is 0.105. The van der Waals surface area contributed by atoms with Crippen LogP contribution >= 0.6 is 39.9 Å². The van der Waals surface area contributed by atoms with E-state index in [1.165, 1.54) is 5.56 Å². The molecular formula is C19H18BrClN2S. The molecule has 0 saturated heterocycles. The molecule has 0 saturated carbocycles. The van der Waals surface area contributed by atoms with E-state index in [1.807, 2.05) is 42.5 Å². The van der Waals surface area contributed by atoms with Gasteiger partial charge < -0.3 is 4.57 Å². The highest BCUT2D eigenvalue weighted by atomic mass is 79.9. The lowest BCUT2D eigenvalue weighted by atomic mass is 10.2. The third-order valence-corrected chi connectivity index (χ3v) is 4.62. The molecule has 3 aromatic rings. The molecule has 0 unspecified atom stereocenters. The van der Waals surface area contributed by atoms with Crippen LogP contribution in [0.5, 0.6) is 0 Å². The van der Waals surface area contributed by atoms with Crippen molar-refractivity contribution in [2.24, 2.45) is 4.99 Å². The van der Waals surface area contributed by atoms with E-state index >= 15 is 0 Å². The van der Waals surface area contributed by atoms with Crippen molar-refractivity contribution < 1.29 is 0 Å². The minimum Gasteiger partial charge on any atom is -0.313 e. The van der Waals surface area contributed by atoms with Crippen molar-refractivity contribution in [2.45, 2.75) is 13.5 Å². The molecular weight excluding hydrogens is 404 g/mol. The van der Waals surface area contributed by atoms with Gasteiger partial charge in [0.05, 0.1) is 11.4 Å². The molecule has 0 aliphatic rings. The van der Waals surface area contributed by atoms with Gasteiger partial charge >= 0.3 is 0 Å². The highest BCUT2D eigenvalue weighted by molar-refractivity contribution is 8.93. The summed E-state index contributed by atoms with van der Waals surface area (Å²) in [5.74, 6) is 0. The molecule has 1 aromatic heterocycles. The lowest BCUT2D eigenvalue weighted by Gasteiger charge is -2.06. The minimum atomic E-state index is 0. The van der Waals surface area contributed by atoms with E-state index in [4.69, 9.17) is 16.6 Å². The molecule has 1 heterocycles. The second-order valence-corrected chi connectivity index (χ2v) is 6.53. The quantitative estimate of drug-likeness (QED) is 0.448. The first-order valence-corrected chi connectivity index (χ1v) is 8.59. The van der Waals surface area contributed by atoms with Gasteiger partial charge in [0.2, 0.25) is 0 Å². The standard InChI is InChI=1S/C19H17ClN2S.BrH/c1-3-12-22-18(15-6-8-16(20)9-7-15)13-23-19(22)21-17-10-4-14(2)5-11-17;/h3-11,13H,1,12H2,2H3;1H. The number of nitrogens with zero attached hydrogens (tertiary/aromatic N) is 2. The van der Waals surface area contributed by atoms with Crippen molar-refractivity contribution in [1.82, 2.24) is 4.57 Å². The smallest absolute Gasteiger partial charge is 0.190 e. The predicted octanol–water partition coefficient (Wildman–Crippen LogP) is 6.17. The van der Waals surface area contributed by atoms with Gasteiger partial charge in [0, 0.05) is 16.9 Å². The highest BCUT2D eigenvalue weighted by Gasteiger charge is 2.07. The summed E-state index contributed by atoms with van der Waals surface area (Å²) in [5.41, 5.74) is 4.43. The van der Waals surface area contributed by atoms with Crippen LogP contribution in [-0.4, -0.2) is 4.57 Å². The van der Waals surface area contributed by atoms with Crippen LogP contribution in [0.1, 0.15) is 5.56 Å². The average Bonchev–Trinajstić information content (AvgIpc) is 2.94. The van der Waals surface area contributed by atoms with Crippen LogP contribution in [0.3, 0.4) is 0 Å². The first-order chi connectivity index (χ1) is 11.2. The molecule has 5 heteroatoms. The average molecular weight is 422 g/mol. The van der Waals surface area contributed by atoms with E-state index < -0.39 is 0 Å². The molecule has 0 spiro atoms. The number of hydrogen-bond donors (Lipinski definition) is 0. The van der Waals surface area contributed by atoms with Crippen molar-refractivity contribution >= 4 is 45.6 Å². The summed E-state index contributed by atoms with van der Waals surface area (Å²) < 4.78 is 2.17. The maximum Gasteiger partial charge on any atom is 0.190 e. The number of aryl methyl sites for hydroxylation is 1. The van der Waals surface area contributed by atoms with Crippen LogP contribution in [0.2, 0.25) is 5.02 Å². The third kappa shape index (κ3) is 4.26. The van der Waals surface area contributed by atoms with Crippen molar-refractivity contribution in [3.63, 3.8) is 0 Å². The molecule has 0 N–H and O–H groups in total. The predicted molar refractivity (Wildman–Crippen MR) is 110 cm³/mol. The third-order valence-electron chi connectivity index (χ3n) is 3.51. The van der Waals surface area contributed by atoms with Crippen LogP contribution in [0.15, 0.2) is 71.6 Å². The normalized spacial score (nSPS) is 11.2. The topological polar surface area (TPSA) is 17.3 Å². The van der Waals surface area contributed by atoms with Crippen LogP contribution in [0.25, 0.3) is 11.3 Å². The van der Waals surface area contributed by atoms with Crippen LogP contribution in [0, 0.1) is 6.92 Å². The maximum absolute atomic E-state index is 5.99. The first kappa shape index (κ1) is 18.7. The summed E-state index contributed by atoms with van der Waals surface area (Å²) in [6, 6.07) is 16.1. The fourth-order valence-electron chi connectivity index (χ4n) is 2.31. The molecule has 124 valence electrons. The Morgan fingerprint density at radius 2 is 1.79 bits per heavy atom. The Kier molecular flexibility index (Phi) is 6.60. The molecule has 2 aromatic carbocycles. The fourth-order valence-corrected chi connectivity index (χ4v) is 3.37. The molecule has 0 fully saturated rings. The van der Waals surface area contributed by atoms with Crippen LogP contribution in [0.4, 0.5) is 5.69 Å². The summed E-state index contributed by atoms with van der Waals surface area (Å²) in [7, 11) is 0. The Morgan fingerprint density at radius 1 is 1.12 bits per heavy atom. The van der Waals surface area contributed by atoms with Gasteiger partial charge in [0.1, 0.15) is 0 Å². The van der Waals surface area contributed by atoms with Gasteiger partial charge in [-0.05, 0) is 36.8 Å². The van der Waals surface area contributed by atoms with Crippen molar-refractivity contribution in [1.29, 1.82) is 0 Å². The van der Waals surface area contributed by atoms with Crippen molar-refractivity contribution in [3.05, 3.63) is 82.0 Å². The number of thiazole rings is 1. The molecule has 0 aliphatic carbocycles. The number of allylic oxidation sites excluding steroid dienone is 1. The SMILES string of the molecule is Br.C=CCn1c(-c2ccc(Cl)cc2)csc1=Nc1ccc(C)cc1. The van der Waals surface area contributed by atoms with E-state index in [0.717, 1.165) is 26.8 Å². The Morgan fingerprint density at radius 3 is 2.42 bits per heavy atom. The Labute approximate surface area is 161 Å². The molecule has 0 bridgehead atoms. The van der Waals surface area contributed by atoms with E-state index in [0.29, 0.717) is 6.54 Å². The van der Waals surface area contributed by atoms with E-state index in [2.05, 4.69) is 35.6 Å². The number of halogens is 2. The lowest BCUT2D eigenvalue weighted by Crippen LogP contribution is -2.14. The van der Waals surface area contributed by atoms with E-state index in [1.54, 1.807) is 11.3 Å². The molecule has 3 rings (SSSR count). The second-order valence-electron chi connectivity index (χ2n) is 5.26. The monoisotopic (exact) mass is 420 g/mol. The van der Waals surface area contributed by atoms with Gasteiger partial charge in [0.15, 0.2) is 4.80 Å². The van der Waals surface area contributed by atoms with Gasteiger partial charge in [0.25, 0.3) is 0 Å². The van der Waals surface area contributed by atoms with Crippen LogP contribution in [-0.2, 0) is 6.54 Å². The molecule has 24 heavy (non-hydrogen) atoms. The molecule has 0 amide bonds. The number of benzene rings is 2. The Bertz CT molecular complexity index is 877. The Balaban J connectivity index is 0.00000208. The zero-order chi connectivity index (χ0) is 16.2. The van der Waals surface area contributed by atoms with Crippen molar-refractivity contribution in [2.75, 3.05) is 0 Å². The Hall–Kier alpha value is -1.62. The molecule has 0 atom stereocenters. The second kappa shape index (κ2) is 8.47. The van der Waals surface area contributed by atoms with Gasteiger partial charge in [-0.3, -0.25) is 0 Å². The zero-order valence-corrected chi connectivity index (χ0v) is 16.6. The number of rotatable bonds is 4. The molecule has 0 aliphatic heterocycles. The zero-order valence-electron chi connectivity index (χ0n) is 13.3. The van der Waals surface area contributed by atoms with Crippen molar-refractivity contribution in [3.8, 4) is 11.3 Å². The largest absolute Gasteiger partial charge is 0.313 e.